The predicted molar refractivity (Wildman–Crippen MR) is 110 cm³/mol. The van der Waals surface area contributed by atoms with Crippen LogP contribution >= 0.6 is 0 Å². The van der Waals surface area contributed by atoms with Gasteiger partial charge in [0.05, 0.1) is 19.8 Å². The van der Waals surface area contributed by atoms with Crippen LogP contribution in [0.25, 0.3) is 0 Å². The van der Waals surface area contributed by atoms with Crippen molar-refractivity contribution in [1.82, 2.24) is 19.4 Å². The van der Waals surface area contributed by atoms with E-state index in [0.717, 1.165) is 13.1 Å². The molecule has 152 valence electrons. The molecule has 0 aliphatic carbocycles. The van der Waals surface area contributed by atoms with Gasteiger partial charge in [0.15, 0.2) is 12.7 Å². The van der Waals surface area contributed by atoms with E-state index in [4.69, 9.17) is 0 Å². The summed E-state index contributed by atoms with van der Waals surface area (Å²) in [5.41, 5.74) is 2.69. The fourth-order valence-corrected chi connectivity index (χ4v) is 3.90. The van der Waals surface area contributed by atoms with Gasteiger partial charge in [-0.25, -0.2) is 9.13 Å². The minimum Gasteiger partial charge on any atom is -0.261 e. The van der Waals surface area contributed by atoms with Crippen LogP contribution in [0, 0.1) is 0 Å². The molecule has 0 fully saturated rings. The number of nitrogens with zero attached hydrogens (tertiary/aromatic N) is 5. The summed E-state index contributed by atoms with van der Waals surface area (Å²) in [6.45, 7) is 17.5. The van der Waals surface area contributed by atoms with E-state index in [1.807, 2.05) is 23.1 Å². The van der Waals surface area contributed by atoms with Crippen LogP contribution in [-0.2, 0) is 36.5 Å². The normalized spacial score (nSPS) is 13.3. The fraction of sp³-hybridized carbons (Fsp3) is 0.591. The second kappa shape index (κ2) is 6.90. The number of hydrogen-bond donors (Lipinski definition) is 1. The second-order valence-electron chi connectivity index (χ2n) is 10.3. The Hall–Kier alpha value is -2.37. The van der Waals surface area contributed by atoms with E-state index in [1.165, 1.54) is 11.3 Å². The largest absolute Gasteiger partial charge is 0.261 e. The standard InChI is InChI=1S/C22H35N6/c1-20(2,3)19-14-26(17-25(19)8)15-21(4,5)18-12-24-27(13-18)16-22(6,7)28-11-9-10-23-28/h9-14,17H,15-16H2,1-8H3/q+1/p+1. The Morgan fingerprint density at radius 3 is 2.32 bits per heavy atom. The summed E-state index contributed by atoms with van der Waals surface area (Å²) in [4.78, 5) is 0. The van der Waals surface area contributed by atoms with Gasteiger partial charge in [0.25, 0.3) is 0 Å². The van der Waals surface area contributed by atoms with Crippen molar-refractivity contribution >= 4 is 0 Å². The van der Waals surface area contributed by atoms with Crippen molar-refractivity contribution in [3.05, 3.63) is 54.6 Å². The van der Waals surface area contributed by atoms with Gasteiger partial charge in [-0.2, -0.15) is 10.2 Å². The lowest BCUT2D eigenvalue weighted by atomic mass is 9.86. The van der Waals surface area contributed by atoms with E-state index < -0.39 is 0 Å². The Morgan fingerprint density at radius 2 is 1.75 bits per heavy atom. The summed E-state index contributed by atoms with van der Waals surface area (Å²) in [6.07, 6.45) is 12.7. The molecule has 3 aromatic heterocycles. The summed E-state index contributed by atoms with van der Waals surface area (Å²) >= 11 is 0. The molecule has 1 N–H and O–H groups in total. The second-order valence-corrected chi connectivity index (χ2v) is 10.3. The van der Waals surface area contributed by atoms with Gasteiger partial charge in [-0.05, 0) is 19.9 Å². The smallest absolute Gasteiger partial charge is 0.243 e. The molecular weight excluding hydrogens is 348 g/mol. The van der Waals surface area contributed by atoms with Crippen molar-refractivity contribution in [2.45, 2.75) is 77.9 Å². The van der Waals surface area contributed by atoms with Crippen molar-refractivity contribution in [2.24, 2.45) is 7.05 Å². The van der Waals surface area contributed by atoms with Crippen molar-refractivity contribution in [3.63, 3.8) is 0 Å². The first-order valence-electron chi connectivity index (χ1n) is 10.0. The first kappa shape index (κ1) is 20.4. The third-order valence-electron chi connectivity index (χ3n) is 5.48. The van der Waals surface area contributed by atoms with Gasteiger partial charge in [0.2, 0.25) is 6.33 Å². The Balaban J connectivity index is 1.76. The van der Waals surface area contributed by atoms with Crippen LogP contribution in [0.1, 0.15) is 59.7 Å². The molecule has 3 heterocycles. The molecule has 0 radical (unpaired) electrons. The Bertz CT molecular complexity index is 919. The van der Waals surface area contributed by atoms with Crippen LogP contribution in [0.15, 0.2) is 43.4 Å². The zero-order valence-corrected chi connectivity index (χ0v) is 18.7. The van der Waals surface area contributed by atoms with Gasteiger partial charge in [-0.15, -0.1) is 4.68 Å². The molecule has 0 aromatic carbocycles. The quantitative estimate of drug-likeness (QED) is 0.653. The monoisotopic (exact) mass is 384 g/mol. The van der Waals surface area contributed by atoms with E-state index in [-0.39, 0.29) is 16.4 Å². The van der Waals surface area contributed by atoms with Gasteiger partial charge in [0.1, 0.15) is 17.4 Å². The number of hydrogen-bond acceptors (Lipinski definition) is 1. The van der Waals surface area contributed by atoms with E-state index >= 15 is 0 Å². The first-order chi connectivity index (χ1) is 12.9. The Labute approximate surface area is 168 Å². The maximum Gasteiger partial charge on any atom is 0.243 e. The molecule has 0 saturated carbocycles. The van der Waals surface area contributed by atoms with E-state index in [9.17, 15) is 0 Å². The maximum atomic E-state index is 4.41. The number of nitrogens with one attached hydrogen (secondary N) is 1. The fourth-order valence-electron chi connectivity index (χ4n) is 3.90. The molecule has 3 rings (SSSR count). The molecular formula is C22H36N6+2. The minimum absolute atomic E-state index is 0.0127. The average molecular weight is 385 g/mol. The van der Waals surface area contributed by atoms with Gasteiger partial charge >= 0.3 is 0 Å². The average Bonchev–Trinajstić information content (AvgIpc) is 3.26. The molecule has 0 unspecified atom stereocenters. The van der Waals surface area contributed by atoms with Crippen LogP contribution in [0.4, 0.5) is 0 Å². The summed E-state index contributed by atoms with van der Waals surface area (Å²) in [5.74, 6) is 0. The number of rotatable bonds is 6. The van der Waals surface area contributed by atoms with Gasteiger partial charge in [-0.3, -0.25) is 4.68 Å². The van der Waals surface area contributed by atoms with E-state index in [2.05, 4.69) is 104 Å². The molecule has 0 aliphatic rings. The zero-order valence-electron chi connectivity index (χ0n) is 18.7. The predicted octanol–water partition coefficient (Wildman–Crippen LogP) is 2.84. The number of aromatic nitrogens is 6. The topological polar surface area (TPSA) is 46.3 Å². The van der Waals surface area contributed by atoms with Crippen LogP contribution in [0.3, 0.4) is 0 Å². The van der Waals surface area contributed by atoms with Crippen LogP contribution in [0.5, 0.6) is 0 Å². The highest BCUT2D eigenvalue weighted by Crippen LogP contribution is 2.24. The molecule has 0 amide bonds. The SMILES string of the molecule is Cn1c[n+](CC(C)(C)c2c[nH][n+](CC(C)(C)n3cccn3)c2)cc1C(C)(C)C. The lowest BCUT2D eigenvalue weighted by Gasteiger charge is -2.21. The number of aromatic amines is 1. The Kier molecular flexibility index (Phi) is 5.02. The maximum absolute atomic E-state index is 4.41. The number of aryl methyl sites for hydroxylation is 1. The summed E-state index contributed by atoms with van der Waals surface area (Å²) in [7, 11) is 2.13. The van der Waals surface area contributed by atoms with Crippen molar-refractivity contribution in [2.75, 3.05) is 0 Å². The van der Waals surface area contributed by atoms with Crippen molar-refractivity contribution in [1.29, 1.82) is 0 Å². The molecule has 0 atom stereocenters. The third-order valence-corrected chi connectivity index (χ3v) is 5.48. The molecule has 0 bridgehead atoms. The van der Waals surface area contributed by atoms with Gasteiger partial charge in [-0.1, -0.05) is 34.6 Å². The highest BCUT2D eigenvalue weighted by molar-refractivity contribution is 5.13. The van der Waals surface area contributed by atoms with Crippen LogP contribution < -0.4 is 9.25 Å². The first-order valence-corrected chi connectivity index (χ1v) is 10.0. The summed E-state index contributed by atoms with van der Waals surface area (Å²) in [6, 6.07) is 1.97. The number of H-pyrrole nitrogens is 1. The van der Waals surface area contributed by atoms with Gasteiger partial charge in [0, 0.05) is 28.8 Å². The molecule has 28 heavy (non-hydrogen) atoms. The highest BCUT2D eigenvalue weighted by atomic mass is 15.3. The molecule has 6 nitrogen and oxygen atoms in total. The minimum atomic E-state index is -0.101. The zero-order chi connectivity index (χ0) is 20.7. The van der Waals surface area contributed by atoms with Gasteiger partial charge < -0.3 is 0 Å². The number of imidazole rings is 1. The molecule has 3 aromatic rings. The highest BCUT2D eigenvalue weighted by Gasteiger charge is 2.32. The summed E-state index contributed by atoms with van der Waals surface area (Å²) < 4.78 is 8.72. The lowest BCUT2D eigenvalue weighted by Crippen LogP contribution is -2.47. The van der Waals surface area contributed by atoms with Crippen LogP contribution in [0.2, 0.25) is 0 Å². The Morgan fingerprint density at radius 1 is 1.04 bits per heavy atom. The molecule has 0 saturated heterocycles. The van der Waals surface area contributed by atoms with Crippen LogP contribution in [-0.4, -0.2) is 19.4 Å². The molecule has 0 spiro atoms. The van der Waals surface area contributed by atoms with E-state index in [1.54, 1.807) is 0 Å². The molecule has 0 aliphatic heterocycles. The summed E-state index contributed by atoms with van der Waals surface area (Å²) in [5, 5.41) is 7.83. The lowest BCUT2D eigenvalue weighted by molar-refractivity contribution is -0.759. The van der Waals surface area contributed by atoms with Crippen molar-refractivity contribution < 1.29 is 9.25 Å². The van der Waals surface area contributed by atoms with E-state index in [0.29, 0.717) is 0 Å². The van der Waals surface area contributed by atoms with Crippen molar-refractivity contribution in [3.8, 4) is 0 Å². The molecule has 6 heteroatoms. The third kappa shape index (κ3) is 4.21.